The number of benzene rings is 1. The van der Waals surface area contributed by atoms with Gasteiger partial charge in [-0.2, -0.15) is 0 Å². The van der Waals surface area contributed by atoms with Gasteiger partial charge in [0.15, 0.2) is 0 Å². The van der Waals surface area contributed by atoms with Crippen LogP contribution in [0.2, 0.25) is 0 Å². The lowest BCUT2D eigenvalue weighted by molar-refractivity contribution is 0.0861. The SMILES string of the molecule is CNC(c1ccc(C)cc1)C(C)N(C)C1CCCCC1C. The van der Waals surface area contributed by atoms with Crippen LogP contribution < -0.4 is 5.32 Å². The fourth-order valence-electron chi connectivity index (χ4n) is 3.90. The van der Waals surface area contributed by atoms with Crippen LogP contribution in [0.1, 0.15) is 56.7 Å². The Morgan fingerprint density at radius 1 is 1.14 bits per heavy atom. The van der Waals surface area contributed by atoms with Crippen LogP contribution >= 0.6 is 0 Å². The minimum absolute atomic E-state index is 0.393. The lowest BCUT2D eigenvalue weighted by Crippen LogP contribution is -2.48. The zero-order valence-corrected chi connectivity index (χ0v) is 14.4. The summed E-state index contributed by atoms with van der Waals surface area (Å²) in [6, 6.07) is 10.6. The molecule has 0 saturated heterocycles. The third-order valence-electron chi connectivity index (χ3n) is 5.46. The van der Waals surface area contributed by atoms with Gasteiger partial charge in [0.2, 0.25) is 0 Å². The Kier molecular flexibility index (Phi) is 5.83. The second-order valence-corrected chi connectivity index (χ2v) is 6.91. The van der Waals surface area contributed by atoms with Crippen LogP contribution in [0.3, 0.4) is 0 Å². The fourth-order valence-corrected chi connectivity index (χ4v) is 3.90. The number of likely N-dealkylation sites (N-methyl/N-ethyl adjacent to an activating group) is 2. The van der Waals surface area contributed by atoms with E-state index in [0.717, 1.165) is 12.0 Å². The molecule has 1 fully saturated rings. The Labute approximate surface area is 130 Å². The first-order chi connectivity index (χ1) is 10.0. The molecule has 2 nitrogen and oxygen atoms in total. The van der Waals surface area contributed by atoms with Crippen molar-refractivity contribution in [3.8, 4) is 0 Å². The molecular formula is C19H32N2. The summed E-state index contributed by atoms with van der Waals surface area (Å²) >= 11 is 0. The van der Waals surface area contributed by atoms with E-state index in [0.29, 0.717) is 12.1 Å². The summed E-state index contributed by atoms with van der Waals surface area (Å²) in [7, 11) is 4.40. The molecule has 4 atom stereocenters. The summed E-state index contributed by atoms with van der Waals surface area (Å²) in [5.74, 6) is 0.821. The van der Waals surface area contributed by atoms with Crippen molar-refractivity contribution < 1.29 is 0 Å². The van der Waals surface area contributed by atoms with Crippen molar-refractivity contribution in [3.63, 3.8) is 0 Å². The van der Waals surface area contributed by atoms with Crippen molar-refractivity contribution in [2.75, 3.05) is 14.1 Å². The number of nitrogens with zero attached hydrogens (tertiary/aromatic N) is 1. The highest BCUT2D eigenvalue weighted by atomic mass is 15.2. The van der Waals surface area contributed by atoms with Crippen LogP contribution in [0.25, 0.3) is 0 Å². The first-order valence-electron chi connectivity index (χ1n) is 8.50. The average Bonchev–Trinajstić information content (AvgIpc) is 2.49. The molecular weight excluding hydrogens is 256 g/mol. The summed E-state index contributed by atoms with van der Waals surface area (Å²) < 4.78 is 0. The molecule has 0 radical (unpaired) electrons. The van der Waals surface area contributed by atoms with Gasteiger partial charge in [-0.3, -0.25) is 4.90 Å². The van der Waals surface area contributed by atoms with Crippen LogP contribution in [-0.4, -0.2) is 31.1 Å². The minimum atomic E-state index is 0.393. The summed E-state index contributed by atoms with van der Waals surface area (Å²) in [4.78, 5) is 2.62. The molecule has 1 saturated carbocycles. The van der Waals surface area contributed by atoms with Gasteiger partial charge >= 0.3 is 0 Å². The van der Waals surface area contributed by atoms with Crippen molar-refractivity contribution in [1.82, 2.24) is 10.2 Å². The van der Waals surface area contributed by atoms with Crippen LogP contribution in [-0.2, 0) is 0 Å². The summed E-state index contributed by atoms with van der Waals surface area (Å²) in [6.45, 7) is 6.94. The molecule has 1 aliphatic carbocycles. The summed E-state index contributed by atoms with van der Waals surface area (Å²) in [5.41, 5.74) is 2.72. The van der Waals surface area contributed by atoms with E-state index >= 15 is 0 Å². The second kappa shape index (κ2) is 7.42. The maximum absolute atomic E-state index is 3.53. The molecule has 0 spiro atoms. The van der Waals surface area contributed by atoms with Gasteiger partial charge in [0.25, 0.3) is 0 Å². The van der Waals surface area contributed by atoms with Crippen molar-refractivity contribution in [2.24, 2.45) is 5.92 Å². The van der Waals surface area contributed by atoms with E-state index in [2.05, 4.69) is 69.3 Å². The Bertz CT molecular complexity index is 426. The highest BCUT2D eigenvalue weighted by Gasteiger charge is 2.31. The molecule has 1 aromatic carbocycles. The molecule has 0 aliphatic heterocycles. The number of hydrogen-bond acceptors (Lipinski definition) is 2. The predicted octanol–water partition coefficient (Wildman–Crippen LogP) is 4.15. The van der Waals surface area contributed by atoms with Gasteiger partial charge in [-0.05, 0) is 52.3 Å². The van der Waals surface area contributed by atoms with Gasteiger partial charge in [0.05, 0.1) is 0 Å². The average molecular weight is 288 g/mol. The van der Waals surface area contributed by atoms with E-state index in [1.54, 1.807) is 0 Å². The lowest BCUT2D eigenvalue weighted by Gasteiger charge is -2.42. The summed E-state index contributed by atoms with van der Waals surface area (Å²) in [6.07, 6.45) is 5.54. The van der Waals surface area contributed by atoms with E-state index in [4.69, 9.17) is 0 Å². The maximum atomic E-state index is 3.53. The van der Waals surface area contributed by atoms with E-state index in [-0.39, 0.29) is 0 Å². The normalized spacial score (nSPS) is 25.8. The molecule has 1 aliphatic rings. The smallest absolute Gasteiger partial charge is 0.0473 e. The highest BCUT2D eigenvalue weighted by Crippen LogP contribution is 2.31. The topological polar surface area (TPSA) is 15.3 Å². The maximum Gasteiger partial charge on any atom is 0.0473 e. The Morgan fingerprint density at radius 3 is 2.33 bits per heavy atom. The molecule has 2 heteroatoms. The molecule has 4 unspecified atom stereocenters. The molecule has 0 heterocycles. The first kappa shape index (κ1) is 16.5. The quantitative estimate of drug-likeness (QED) is 0.875. The third-order valence-corrected chi connectivity index (χ3v) is 5.46. The number of aryl methyl sites for hydroxylation is 1. The molecule has 2 rings (SSSR count). The van der Waals surface area contributed by atoms with Crippen molar-refractivity contribution in [1.29, 1.82) is 0 Å². The van der Waals surface area contributed by atoms with Crippen molar-refractivity contribution in [3.05, 3.63) is 35.4 Å². The van der Waals surface area contributed by atoms with Gasteiger partial charge in [-0.1, -0.05) is 49.6 Å². The molecule has 1 N–H and O–H groups in total. The fraction of sp³-hybridized carbons (Fsp3) is 0.684. The number of rotatable bonds is 5. The molecule has 118 valence electrons. The van der Waals surface area contributed by atoms with Gasteiger partial charge < -0.3 is 5.32 Å². The molecule has 0 bridgehead atoms. The Balaban J connectivity index is 2.11. The molecule has 1 aromatic rings. The molecule has 0 amide bonds. The van der Waals surface area contributed by atoms with E-state index in [1.165, 1.54) is 36.8 Å². The largest absolute Gasteiger partial charge is 0.312 e. The zero-order valence-electron chi connectivity index (χ0n) is 14.4. The highest BCUT2D eigenvalue weighted by molar-refractivity contribution is 5.25. The van der Waals surface area contributed by atoms with Crippen molar-refractivity contribution in [2.45, 2.75) is 64.6 Å². The van der Waals surface area contributed by atoms with E-state index < -0.39 is 0 Å². The first-order valence-corrected chi connectivity index (χ1v) is 8.50. The van der Waals surface area contributed by atoms with Crippen molar-refractivity contribution >= 4 is 0 Å². The van der Waals surface area contributed by atoms with Gasteiger partial charge in [0, 0.05) is 18.1 Å². The standard InChI is InChI=1S/C19H32N2/c1-14-10-12-17(13-11-14)19(20-4)16(3)21(5)18-9-7-6-8-15(18)2/h10-13,15-16,18-20H,6-9H2,1-5H3. The molecule has 21 heavy (non-hydrogen) atoms. The lowest BCUT2D eigenvalue weighted by atomic mass is 9.83. The Morgan fingerprint density at radius 2 is 1.76 bits per heavy atom. The minimum Gasteiger partial charge on any atom is -0.312 e. The van der Waals surface area contributed by atoms with Crippen LogP contribution in [0.5, 0.6) is 0 Å². The van der Waals surface area contributed by atoms with E-state index in [9.17, 15) is 0 Å². The van der Waals surface area contributed by atoms with Crippen LogP contribution in [0, 0.1) is 12.8 Å². The Hall–Kier alpha value is -0.860. The van der Waals surface area contributed by atoms with E-state index in [1.807, 2.05) is 0 Å². The second-order valence-electron chi connectivity index (χ2n) is 6.91. The predicted molar refractivity (Wildman–Crippen MR) is 91.6 cm³/mol. The monoisotopic (exact) mass is 288 g/mol. The number of hydrogen-bond donors (Lipinski definition) is 1. The van der Waals surface area contributed by atoms with Crippen LogP contribution in [0.15, 0.2) is 24.3 Å². The zero-order chi connectivity index (χ0) is 15.4. The molecule has 0 aromatic heterocycles. The third kappa shape index (κ3) is 3.87. The van der Waals surface area contributed by atoms with Gasteiger partial charge in [-0.15, -0.1) is 0 Å². The van der Waals surface area contributed by atoms with Gasteiger partial charge in [0.1, 0.15) is 0 Å². The van der Waals surface area contributed by atoms with Gasteiger partial charge in [-0.25, -0.2) is 0 Å². The summed E-state index contributed by atoms with van der Waals surface area (Å²) in [5, 5.41) is 3.53. The van der Waals surface area contributed by atoms with Crippen LogP contribution in [0.4, 0.5) is 0 Å². The number of nitrogens with one attached hydrogen (secondary N) is 1.